The van der Waals surface area contributed by atoms with E-state index in [1.54, 1.807) is 0 Å². The Morgan fingerprint density at radius 2 is 1.93 bits per heavy atom. The summed E-state index contributed by atoms with van der Waals surface area (Å²) < 4.78 is 5.66. The van der Waals surface area contributed by atoms with Gasteiger partial charge in [0.05, 0.1) is 6.54 Å². The van der Waals surface area contributed by atoms with Gasteiger partial charge in [-0.3, -0.25) is 14.7 Å². The number of hydrogen-bond donors (Lipinski definition) is 2. The number of nitrogens with one attached hydrogen (secondary N) is 2. The molecule has 160 valence electrons. The Labute approximate surface area is 170 Å². The van der Waals surface area contributed by atoms with E-state index in [-0.39, 0.29) is 23.4 Å². The molecule has 3 saturated heterocycles. The van der Waals surface area contributed by atoms with Gasteiger partial charge >= 0.3 is 0 Å². The molecule has 0 aromatic heterocycles. The average Bonchev–Trinajstić information content (AvgIpc) is 3.39. The second-order valence-electron chi connectivity index (χ2n) is 8.79. The number of carbonyl (C=O) groups is 1. The largest absolute Gasteiger partial charge is 0.381 e. The van der Waals surface area contributed by atoms with Gasteiger partial charge in [0.25, 0.3) is 0 Å². The molecule has 1 atom stereocenters. The number of hydrogen-bond acceptors (Lipinski definition) is 4. The molecule has 3 aliphatic rings. The first-order chi connectivity index (χ1) is 13.5. The van der Waals surface area contributed by atoms with Crippen LogP contribution in [0.25, 0.3) is 0 Å². The smallest absolute Gasteiger partial charge is 0.225 e. The zero-order valence-electron chi connectivity index (χ0n) is 18.0. The fourth-order valence-corrected chi connectivity index (χ4v) is 4.70. The molecule has 0 spiro atoms. The number of nitrogens with zero attached hydrogens (tertiary/aromatic N) is 3. The molecule has 0 radical (unpaired) electrons. The highest BCUT2D eigenvalue weighted by Gasteiger charge is 2.39. The van der Waals surface area contributed by atoms with Gasteiger partial charge in [-0.1, -0.05) is 13.8 Å². The number of carbonyl (C=O) groups excluding carboxylic acids is 1. The van der Waals surface area contributed by atoms with Crippen molar-refractivity contribution in [2.45, 2.75) is 64.5 Å². The van der Waals surface area contributed by atoms with Gasteiger partial charge in [0, 0.05) is 50.3 Å². The van der Waals surface area contributed by atoms with Crippen LogP contribution in [0.3, 0.4) is 0 Å². The van der Waals surface area contributed by atoms with Gasteiger partial charge in [-0.25, -0.2) is 0 Å². The van der Waals surface area contributed by atoms with Crippen molar-refractivity contribution in [3.63, 3.8) is 0 Å². The number of likely N-dealkylation sites (tertiary alicyclic amines) is 2. The molecule has 3 aliphatic heterocycles. The molecule has 7 nitrogen and oxygen atoms in total. The van der Waals surface area contributed by atoms with E-state index in [0.29, 0.717) is 0 Å². The maximum atomic E-state index is 12.3. The van der Waals surface area contributed by atoms with E-state index >= 15 is 0 Å². The maximum absolute atomic E-state index is 12.3. The summed E-state index contributed by atoms with van der Waals surface area (Å²) in [6, 6.07) is 0.276. The first-order valence-electron chi connectivity index (χ1n) is 11.2. The summed E-state index contributed by atoms with van der Waals surface area (Å²) in [5.74, 6) is 1.20. The Morgan fingerprint density at radius 1 is 1.21 bits per heavy atom. The minimum atomic E-state index is 0.0643. The van der Waals surface area contributed by atoms with Crippen LogP contribution < -0.4 is 10.6 Å². The summed E-state index contributed by atoms with van der Waals surface area (Å²) >= 11 is 0. The van der Waals surface area contributed by atoms with Gasteiger partial charge < -0.3 is 20.3 Å². The molecular weight excluding hydrogens is 354 g/mol. The molecule has 0 aliphatic carbocycles. The van der Waals surface area contributed by atoms with Crippen molar-refractivity contribution in [3.05, 3.63) is 0 Å². The Hall–Kier alpha value is -1.34. The highest BCUT2D eigenvalue weighted by atomic mass is 16.5. The molecule has 1 amide bonds. The van der Waals surface area contributed by atoms with Crippen LogP contribution in [0.5, 0.6) is 0 Å². The lowest BCUT2D eigenvalue weighted by atomic mass is 9.88. The predicted molar refractivity (Wildman–Crippen MR) is 113 cm³/mol. The summed E-state index contributed by atoms with van der Waals surface area (Å²) in [7, 11) is 0. The van der Waals surface area contributed by atoms with E-state index in [1.807, 2.05) is 18.7 Å². The van der Waals surface area contributed by atoms with Crippen molar-refractivity contribution in [1.82, 2.24) is 20.4 Å². The summed E-state index contributed by atoms with van der Waals surface area (Å²) in [5, 5.41) is 6.99. The fraction of sp³-hybridized carbons (Fsp3) is 0.905. The Morgan fingerprint density at radius 3 is 2.57 bits per heavy atom. The highest BCUT2D eigenvalue weighted by Crippen LogP contribution is 2.31. The fourth-order valence-electron chi connectivity index (χ4n) is 4.70. The van der Waals surface area contributed by atoms with Crippen LogP contribution >= 0.6 is 0 Å². The number of amides is 1. The zero-order valence-corrected chi connectivity index (χ0v) is 18.0. The molecule has 3 heterocycles. The number of guanidine groups is 1. The molecule has 0 bridgehead atoms. The molecule has 2 N–H and O–H groups in total. The van der Waals surface area contributed by atoms with Crippen LogP contribution in [0.2, 0.25) is 0 Å². The molecule has 3 rings (SSSR count). The zero-order chi connectivity index (χ0) is 20.0. The van der Waals surface area contributed by atoms with Gasteiger partial charge in [0.15, 0.2) is 5.96 Å². The van der Waals surface area contributed by atoms with Gasteiger partial charge in [-0.15, -0.1) is 0 Å². The molecule has 0 aromatic rings. The van der Waals surface area contributed by atoms with E-state index in [1.165, 1.54) is 25.9 Å². The first-order valence-corrected chi connectivity index (χ1v) is 11.2. The van der Waals surface area contributed by atoms with Crippen molar-refractivity contribution in [2.24, 2.45) is 10.9 Å². The van der Waals surface area contributed by atoms with Crippen LogP contribution in [0, 0.1) is 5.92 Å². The lowest BCUT2D eigenvalue weighted by Gasteiger charge is -2.43. The molecule has 0 saturated carbocycles. The Kier molecular flexibility index (Phi) is 7.57. The van der Waals surface area contributed by atoms with Gasteiger partial charge in [-0.2, -0.15) is 0 Å². The van der Waals surface area contributed by atoms with E-state index in [0.717, 1.165) is 64.6 Å². The minimum Gasteiger partial charge on any atom is -0.381 e. The lowest BCUT2D eigenvalue weighted by molar-refractivity contribution is -0.133. The average molecular weight is 394 g/mol. The van der Waals surface area contributed by atoms with E-state index < -0.39 is 0 Å². The molecule has 28 heavy (non-hydrogen) atoms. The summed E-state index contributed by atoms with van der Waals surface area (Å²) in [4.78, 5) is 21.9. The maximum Gasteiger partial charge on any atom is 0.225 e. The second kappa shape index (κ2) is 9.92. The summed E-state index contributed by atoms with van der Waals surface area (Å²) in [6.45, 7) is 13.4. The number of ether oxygens (including phenoxy) is 1. The third-order valence-electron chi connectivity index (χ3n) is 6.41. The SMILES string of the molecule is CCNC(=NCC1(N2CCCC2)CCOCC1)NC1CCN(C(=O)C(C)C)C1. The van der Waals surface area contributed by atoms with Crippen LogP contribution in [0.1, 0.15) is 52.9 Å². The summed E-state index contributed by atoms with van der Waals surface area (Å²) in [6.07, 6.45) is 5.71. The Bertz CT molecular complexity index is 539. The minimum absolute atomic E-state index is 0.0643. The highest BCUT2D eigenvalue weighted by molar-refractivity contribution is 5.81. The van der Waals surface area contributed by atoms with Gasteiger partial charge in [0.1, 0.15) is 0 Å². The molecular formula is C21H39N5O2. The number of rotatable bonds is 6. The standard InChI is InChI=1S/C21H39N5O2/c1-4-22-20(24-18-7-12-25(15-18)19(27)17(2)3)23-16-21(8-13-28-14-9-21)26-10-5-6-11-26/h17-18H,4-16H2,1-3H3,(H2,22,23,24). The van der Waals surface area contributed by atoms with Gasteiger partial charge in [0.2, 0.25) is 5.91 Å². The Balaban J connectivity index is 1.62. The van der Waals surface area contributed by atoms with Crippen LogP contribution in [0.4, 0.5) is 0 Å². The monoisotopic (exact) mass is 393 g/mol. The predicted octanol–water partition coefficient (Wildman–Crippen LogP) is 1.44. The van der Waals surface area contributed by atoms with E-state index in [4.69, 9.17) is 9.73 Å². The topological polar surface area (TPSA) is 69.2 Å². The quantitative estimate of drug-likeness (QED) is 0.528. The summed E-state index contributed by atoms with van der Waals surface area (Å²) in [5.41, 5.74) is 0.145. The van der Waals surface area contributed by atoms with Crippen molar-refractivity contribution in [3.8, 4) is 0 Å². The molecule has 3 fully saturated rings. The van der Waals surface area contributed by atoms with Gasteiger partial charge in [-0.05, 0) is 52.1 Å². The van der Waals surface area contributed by atoms with Crippen molar-refractivity contribution >= 4 is 11.9 Å². The van der Waals surface area contributed by atoms with Crippen molar-refractivity contribution in [2.75, 3.05) is 52.5 Å². The molecule has 0 aromatic carbocycles. The molecule has 1 unspecified atom stereocenters. The van der Waals surface area contributed by atoms with Crippen molar-refractivity contribution < 1.29 is 9.53 Å². The van der Waals surface area contributed by atoms with Crippen LogP contribution in [0.15, 0.2) is 4.99 Å². The van der Waals surface area contributed by atoms with E-state index in [9.17, 15) is 4.79 Å². The first kappa shape index (κ1) is 21.4. The van der Waals surface area contributed by atoms with E-state index in [2.05, 4.69) is 22.5 Å². The third kappa shape index (κ3) is 5.17. The van der Waals surface area contributed by atoms with Crippen molar-refractivity contribution in [1.29, 1.82) is 0 Å². The normalized spacial score (nSPS) is 26.1. The second-order valence-corrected chi connectivity index (χ2v) is 8.79. The van der Waals surface area contributed by atoms with Crippen LogP contribution in [-0.4, -0.2) is 85.7 Å². The third-order valence-corrected chi connectivity index (χ3v) is 6.41. The lowest BCUT2D eigenvalue weighted by Crippen LogP contribution is -2.54. The number of aliphatic imine (C=N–C) groups is 1. The molecule has 7 heteroatoms. The van der Waals surface area contributed by atoms with Crippen LogP contribution in [-0.2, 0) is 9.53 Å².